The van der Waals surface area contributed by atoms with E-state index in [-0.39, 0.29) is 0 Å². The summed E-state index contributed by atoms with van der Waals surface area (Å²) in [6.07, 6.45) is 6.68. The molecule has 1 heterocycles. The largest absolute Gasteiger partial charge is 0.309 e. The maximum atomic E-state index is 9.02. The molecule has 2 aromatic rings. The van der Waals surface area contributed by atoms with Gasteiger partial charge < -0.3 is 5.41 Å². The second-order valence-corrected chi connectivity index (χ2v) is 4.17. The van der Waals surface area contributed by atoms with Crippen molar-refractivity contribution in [1.29, 1.82) is 10.7 Å². The van der Waals surface area contributed by atoms with Crippen LogP contribution in [0.3, 0.4) is 0 Å². The van der Waals surface area contributed by atoms with Gasteiger partial charge >= 0.3 is 0 Å². The first-order chi connectivity index (χ1) is 9.21. The van der Waals surface area contributed by atoms with Gasteiger partial charge in [0, 0.05) is 11.6 Å². The summed E-state index contributed by atoms with van der Waals surface area (Å²) in [4.78, 5) is 0. The third kappa shape index (κ3) is 2.31. The highest BCUT2D eigenvalue weighted by atomic mass is 15.1. The molecule has 19 heavy (non-hydrogen) atoms. The molecule has 0 aliphatic rings. The van der Waals surface area contributed by atoms with Gasteiger partial charge in [0.1, 0.15) is 0 Å². The number of rotatable bonds is 3. The van der Waals surface area contributed by atoms with Crippen LogP contribution in [0.25, 0.3) is 16.5 Å². The Balaban J connectivity index is 2.63. The zero-order chi connectivity index (χ0) is 13.8. The maximum absolute atomic E-state index is 9.02. The van der Waals surface area contributed by atoms with Crippen LogP contribution in [-0.2, 0) is 0 Å². The van der Waals surface area contributed by atoms with Crippen LogP contribution in [0.1, 0.15) is 23.7 Å². The van der Waals surface area contributed by atoms with Crippen molar-refractivity contribution in [3.8, 4) is 6.07 Å². The highest BCUT2D eigenvalue weighted by molar-refractivity contribution is 5.94. The van der Waals surface area contributed by atoms with Gasteiger partial charge in [0.15, 0.2) is 0 Å². The van der Waals surface area contributed by atoms with E-state index in [1.807, 2.05) is 38.1 Å². The van der Waals surface area contributed by atoms with Crippen LogP contribution in [0, 0.1) is 23.7 Å². The smallest absolute Gasteiger partial charge is 0.0996 e. The fraction of sp³-hybridized carbons (Fsp3) is 0.133. The van der Waals surface area contributed by atoms with Crippen molar-refractivity contribution < 1.29 is 0 Å². The fourth-order valence-corrected chi connectivity index (χ4v) is 1.98. The number of nitriles is 1. The third-order valence-corrected chi connectivity index (χ3v) is 2.98. The van der Waals surface area contributed by atoms with Crippen molar-refractivity contribution in [1.82, 2.24) is 10.2 Å². The standard InChI is InChI=1S/C15H14N4/c1-3-11(5-4-6-16)15-13-7-10(2)12(9-17)8-14(13)18-19-15/h3-8,16H,1-2H3,(H,18,19)/b5-4-,11-3+,16-6?. The molecule has 0 radical (unpaired) electrons. The van der Waals surface area contributed by atoms with E-state index in [1.54, 1.807) is 6.08 Å². The quantitative estimate of drug-likeness (QED) is 0.647. The number of aryl methyl sites for hydroxylation is 1. The van der Waals surface area contributed by atoms with Crippen LogP contribution < -0.4 is 0 Å². The Morgan fingerprint density at radius 3 is 2.89 bits per heavy atom. The van der Waals surface area contributed by atoms with Crippen molar-refractivity contribution in [3.05, 3.63) is 47.2 Å². The first kappa shape index (κ1) is 12.8. The van der Waals surface area contributed by atoms with E-state index in [9.17, 15) is 0 Å². The summed E-state index contributed by atoms with van der Waals surface area (Å²) in [5.41, 5.74) is 4.21. The molecule has 0 saturated carbocycles. The third-order valence-electron chi connectivity index (χ3n) is 2.98. The summed E-state index contributed by atoms with van der Waals surface area (Å²) < 4.78 is 0. The SMILES string of the molecule is C/C=C(\C=C/C=N)c1n[nH]c2cc(C#N)c(C)cc12. The zero-order valence-corrected chi connectivity index (χ0v) is 10.9. The lowest BCUT2D eigenvalue weighted by molar-refractivity contribution is 1.10. The second kappa shape index (κ2) is 5.32. The topological polar surface area (TPSA) is 76.3 Å². The lowest BCUT2D eigenvalue weighted by atomic mass is 10.0. The molecular formula is C15H14N4. The summed E-state index contributed by atoms with van der Waals surface area (Å²) >= 11 is 0. The Kier molecular flexibility index (Phi) is 3.58. The first-order valence-electron chi connectivity index (χ1n) is 5.94. The molecule has 1 aromatic carbocycles. The van der Waals surface area contributed by atoms with Crippen LogP contribution in [-0.4, -0.2) is 16.4 Å². The van der Waals surface area contributed by atoms with Crippen molar-refractivity contribution in [3.63, 3.8) is 0 Å². The minimum Gasteiger partial charge on any atom is -0.309 e. The van der Waals surface area contributed by atoms with Crippen LogP contribution in [0.15, 0.2) is 30.4 Å². The lowest BCUT2D eigenvalue weighted by Crippen LogP contribution is -1.85. The van der Waals surface area contributed by atoms with E-state index in [2.05, 4.69) is 16.3 Å². The van der Waals surface area contributed by atoms with Crippen molar-refractivity contribution in [2.24, 2.45) is 0 Å². The molecule has 0 unspecified atom stereocenters. The number of nitrogens with zero attached hydrogens (tertiary/aromatic N) is 2. The van der Waals surface area contributed by atoms with Gasteiger partial charge in [0.2, 0.25) is 0 Å². The van der Waals surface area contributed by atoms with E-state index >= 15 is 0 Å². The van der Waals surface area contributed by atoms with Crippen molar-refractivity contribution >= 4 is 22.7 Å². The van der Waals surface area contributed by atoms with Crippen LogP contribution >= 0.6 is 0 Å². The van der Waals surface area contributed by atoms with Gasteiger partial charge in [-0.2, -0.15) is 10.4 Å². The molecule has 0 aliphatic heterocycles. The number of H-pyrrole nitrogens is 1. The molecule has 0 atom stereocenters. The van der Waals surface area contributed by atoms with Crippen molar-refractivity contribution in [2.75, 3.05) is 0 Å². The normalized spacial score (nSPS) is 11.9. The minimum absolute atomic E-state index is 0.653. The van der Waals surface area contributed by atoms with E-state index in [4.69, 9.17) is 10.7 Å². The summed E-state index contributed by atoms with van der Waals surface area (Å²) in [5.74, 6) is 0. The van der Waals surface area contributed by atoms with Crippen molar-refractivity contribution in [2.45, 2.75) is 13.8 Å². The Bertz CT molecular complexity index is 726. The molecule has 94 valence electrons. The van der Waals surface area contributed by atoms with Gasteiger partial charge in [0.25, 0.3) is 0 Å². The van der Waals surface area contributed by atoms with Crippen LogP contribution in [0.5, 0.6) is 0 Å². The average molecular weight is 250 g/mol. The number of allylic oxidation sites excluding steroid dienone is 4. The zero-order valence-electron chi connectivity index (χ0n) is 10.9. The van der Waals surface area contributed by atoms with Gasteiger partial charge in [-0.15, -0.1) is 0 Å². The first-order valence-corrected chi connectivity index (χ1v) is 5.94. The Morgan fingerprint density at radius 1 is 1.47 bits per heavy atom. The summed E-state index contributed by atoms with van der Waals surface area (Å²) in [5, 5.41) is 24.3. The van der Waals surface area contributed by atoms with E-state index in [1.165, 1.54) is 6.21 Å². The number of benzene rings is 1. The minimum atomic E-state index is 0.653. The molecule has 0 saturated heterocycles. The number of fused-ring (bicyclic) bond motifs is 1. The van der Waals surface area contributed by atoms with Gasteiger partial charge in [-0.05, 0) is 43.2 Å². The molecule has 2 rings (SSSR count). The molecule has 0 amide bonds. The molecule has 0 aliphatic carbocycles. The van der Waals surface area contributed by atoms with Gasteiger partial charge in [-0.1, -0.05) is 12.2 Å². The average Bonchev–Trinajstić information content (AvgIpc) is 2.82. The van der Waals surface area contributed by atoms with E-state index in [0.29, 0.717) is 5.56 Å². The second-order valence-electron chi connectivity index (χ2n) is 4.17. The molecule has 4 heteroatoms. The summed E-state index contributed by atoms with van der Waals surface area (Å²) in [7, 11) is 0. The summed E-state index contributed by atoms with van der Waals surface area (Å²) in [6.45, 7) is 3.85. The maximum Gasteiger partial charge on any atom is 0.0996 e. The molecule has 1 aromatic heterocycles. The molecular weight excluding hydrogens is 236 g/mol. The predicted octanol–water partition coefficient (Wildman–Crippen LogP) is 3.35. The van der Waals surface area contributed by atoms with Crippen LogP contribution in [0.2, 0.25) is 0 Å². The molecule has 0 spiro atoms. The number of aromatic amines is 1. The van der Waals surface area contributed by atoms with Gasteiger partial charge in [-0.25, -0.2) is 0 Å². The number of aromatic nitrogens is 2. The van der Waals surface area contributed by atoms with Gasteiger partial charge in [0.05, 0.1) is 22.8 Å². The monoisotopic (exact) mass is 250 g/mol. The number of hydrogen-bond acceptors (Lipinski definition) is 3. The Labute approximate surface area is 111 Å². The summed E-state index contributed by atoms with van der Waals surface area (Å²) in [6, 6.07) is 5.95. The Morgan fingerprint density at radius 2 is 2.26 bits per heavy atom. The highest BCUT2D eigenvalue weighted by Crippen LogP contribution is 2.26. The van der Waals surface area contributed by atoms with Crippen LogP contribution in [0.4, 0.5) is 0 Å². The number of nitrogens with one attached hydrogen (secondary N) is 2. The molecule has 0 fully saturated rings. The Hall–Kier alpha value is -2.67. The molecule has 0 bridgehead atoms. The predicted molar refractivity (Wildman–Crippen MR) is 77.1 cm³/mol. The highest BCUT2D eigenvalue weighted by Gasteiger charge is 2.10. The van der Waals surface area contributed by atoms with E-state index < -0.39 is 0 Å². The lowest BCUT2D eigenvalue weighted by Gasteiger charge is -2.00. The molecule has 2 N–H and O–H groups in total. The number of hydrogen-bond donors (Lipinski definition) is 2. The fourth-order valence-electron chi connectivity index (χ4n) is 1.98. The van der Waals surface area contributed by atoms with Gasteiger partial charge in [-0.3, -0.25) is 5.10 Å². The van der Waals surface area contributed by atoms with E-state index in [0.717, 1.165) is 27.7 Å². The molecule has 4 nitrogen and oxygen atoms in total.